The van der Waals surface area contributed by atoms with Gasteiger partial charge in [-0.15, -0.1) is 0 Å². The summed E-state index contributed by atoms with van der Waals surface area (Å²) in [6.07, 6.45) is -1.59. The van der Waals surface area contributed by atoms with Crippen LogP contribution in [0.5, 0.6) is 0 Å². The van der Waals surface area contributed by atoms with E-state index in [2.05, 4.69) is 5.32 Å². The fourth-order valence-corrected chi connectivity index (χ4v) is 1.19. The molecule has 1 aromatic rings. The van der Waals surface area contributed by atoms with Gasteiger partial charge in [-0.25, -0.2) is 4.39 Å². The van der Waals surface area contributed by atoms with Crippen molar-refractivity contribution in [3.05, 3.63) is 39.7 Å². The molecule has 1 unspecified atom stereocenters. The van der Waals surface area contributed by atoms with Gasteiger partial charge in [0.05, 0.1) is 23.1 Å². The molecule has 0 heterocycles. The summed E-state index contributed by atoms with van der Waals surface area (Å²) in [6.45, 7) is -0.482. The van der Waals surface area contributed by atoms with E-state index in [0.29, 0.717) is 6.07 Å². The molecular formula is C10H10FN3O5. The number of aliphatic hydroxyl groups excluding tert-OH is 1. The first-order valence-electron chi connectivity index (χ1n) is 5.02. The number of nitrogens with two attached hydrogens (primary N) is 1. The SMILES string of the molecule is NC(=O)C(O)CNC(=O)c1ccc([N+](=O)[O-])cc1F. The van der Waals surface area contributed by atoms with E-state index in [1.807, 2.05) is 0 Å². The van der Waals surface area contributed by atoms with E-state index in [1.54, 1.807) is 0 Å². The first kappa shape index (κ1) is 14.5. The lowest BCUT2D eigenvalue weighted by Crippen LogP contribution is -2.40. The molecule has 19 heavy (non-hydrogen) atoms. The van der Waals surface area contributed by atoms with Gasteiger partial charge in [0.2, 0.25) is 5.91 Å². The second kappa shape index (κ2) is 5.87. The predicted molar refractivity (Wildman–Crippen MR) is 60.6 cm³/mol. The molecule has 4 N–H and O–H groups in total. The number of carbonyl (C=O) groups excluding carboxylic acids is 2. The molecular weight excluding hydrogens is 261 g/mol. The molecule has 8 nitrogen and oxygen atoms in total. The van der Waals surface area contributed by atoms with Crippen molar-refractivity contribution in [1.82, 2.24) is 5.32 Å². The number of rotatable bonds is 5. The highest BCUT2D eigenvalue weighted by atomic mass is 19.1. The van der Waals surface area contributed by atoms with Crippen molar-refractivity contribution in [1.29, 1.82) is 0 Å². The van der Waals surface area contributed by atoms with Crippen LogP contribution >= 0.6 is 0 Å². The van der Waals surface area contributed by atoms with Crippen LogP contribution in [0.2, 0.25) is 0 Å². The molecule has 1 atom stereocenters. The molecule has 0 aliphatic carbocycles. The molecule has 0 aliphatic heterocycles. The Morgan fingerprint density at radius 1 is 1.53 bits per heavy atom. The van der Waals surface area contributed by atoms with Crippen LogP contribution in [0.4, 0.5) is 10.1 Å². The van der Waals surface area contributed by atoms with Crippen molar-refractivity contribution in [2.75, 3.05) is 6.54 Å². The summed E-state index contributed by atoms with van der Waals surface area (Å²) in [4.78, 5) is 31.6. The highest BCUT2D eigenvalue weighted by Gasteiger charge is 2.18. The molecule has 2 amide bonds. The van der Waals surface area contributed by atoms with Gasteiger partial charge in [0.15, 0.2) is 0 Å². The van der Waals surface area contributed by atoms with E-state index in [4.69, 9.17) is 10.8 Å². The zero-order valence-electron chi connectivity index (χ0n) is 9.50. The Labute approximate surface area is 106 Å². The number of primary amides is 1. The number of amides is 2. The zero-order chi connectivity index (χ0) is 14.6. The highest BCUT2D eigenvalue weighted by Crippen LogP contribution is 2.16. The minimum atomic E-state index is -1.59. The van der Waals surface area contributed by atoms with Crippen LogP contribution in [0, 0.1) is 15.9 Å². The fourth-order valence-electron chi connectivity index (χ4n) is 1.19. The maximum atomic E-state index is 13.4. The minimum Gasteiger partial charge on any atom is -0.381 e. The van der Waals surface area contributed by atoms with Crippen molar-refractivity contribution in [2.45, 2.75) is 6.10 Å². The number of nitro benzene ring substituents is 1. The van der Waals surface area contributed by atoms with Gasteiger partial charge in [-0.3, -0.25) is 19.7 Å². The average Bonchev–Trinajstić information content (AvgIpc) is 2.34. The second-order valence-corrected chi connectivity index (χ2v) is 3.55. The Hall–Kier alpha value is -2.55. The number of halogens is 1. The van der Waals surface area contributed by atoms with Gasteiger partial charge in [-0.05, 0) is 6.07 Å². The first-order valence-corrected chi connectivity index (χ1v) is 5.02. The molecule has 0 saturated heterocycles. The first-order chi connectivity index (χ1) is 8.82. The van der Waals surface area contributed by atoms with Gasteiger partial charge in [0.1, 0.15) is 11.9 Å². The maximum absolute atomic E-state index is 13.4. The molecule has 0 fully saturated rings. The lowest BCUT2D eigenvalue weighted by molar-refractivity contribution is -0.385. The number of hydrogen-bond donors (Lipinski definition) is 3. The molecule has 0 spiro atoms. The van der Waals surface area contributed by atoms with E-state index in [0.717, 1.165) is 12.1 Å². The summed E-state index contributed by atoms with van der Waals surface area (Å²) in [5, 5.41) is 21.5. The third kappa shape index (κ3) is 3.71. The van der Waals surface area contributed by atoms with Gasteiger partial charge < -0.3 is 16.2 Å². The summed E-state index contributed by atoms with van der Waals surface area (Å²) >= 11 is 0. The Balaban J connectivity index is 2.78. The summed E-state index contributed by atoms with van der Waals surface area (Å²) in [5.74, 6) is -3.04. The van der Waals surface area contributed by atoms with Crippen LogP contribution in [0.3, 0.4) is 0 Å². The molecule has 1 rings (SSSR count). The number of aliphatic hydroxyl groups is 1. The summed E-state index contributed by atoms with van der Waals surface area (Å²) in [7, 11) is 0. The molecule has 0 aromatic heterocycles. The largest absolute Gasteiger partial charge is 0.381 e. The lowest BCUT2D eigenvalue weighted by atomic mass is 10.1. The third-order valence-electron chi connectivity index (χ3n) is 2.19. The Bertz CT molecular complexity index is 534. The molecule has 102 valence electrons. The predicted octanol–water partition coefficient (Wildman–Crippen LogP) is -0.690. The number of nitro groups is 1. The number of carbonyl (C=O) groups is 2. The monoisotopic (exact) mass is 271 g/mol. The van der Waals surface area contributed by atoms with Crippen molar-refractivity contribution in [3.63, 3.8) is 0 Å². The molecule has 0 aliphatic rings. The standard InChI is InChI=1S/C10H10FN3O5/c11-7-3-5(14(18)19)1-2-6(7)10(17)13-4-8(15)9(12)16/h1-3,8,15H,4H2,(H2,12,16)(H,13,17). The van der Waals surface area contributed by atoms with E-state index in [9.17, 15) is 24.1 Å². The Morgan fingerprint density at radius 2 is 2.16 bits per heavy atom. The van der Waals surface area contributed by atoms with E-state index >= 15 is 0 Å². The lowest BCUT2D eigenvalue weighted by Gasteiger charge is -2.08. The quantitative estimate of drug-likeness (QED) is 0.481. The summed E-state index contributed by atoms with van der Waals surface area (Å²) in [5.41, 5.74) is 3.82. The van der Waals surface area contributed by atoms with Crippen LogP contribution in [-0.2, 0) is 4.79 Å². The zero-order valence-corrected chi connectivity index (χ0v) is 9.50. The Kier molecular flexibility index (Phi) is 4.48. The van der Waals surface area contributed by atoms with Crippen molar-refractivity contribution < 1.29 is 24.0 Å². The Morgan fingerprint density at radius 3 is 2.63 bits per heavy atom. The van der Waals surface area contributed by atoms with Crippen LogP contribution in [-0.4, -0.2) is 34.5 Å². The van der Waals surface area contributed by atoms with Crippen LogP contribution < -0.4 is 11.1 Å². The highest BCUT2D eigenvalue weighted by molar-refractivity contribution is 5.95. The van der Waals surface area contributed by atoms with Gasteiger partial charge in [-0.2, -0.15) is 0 Å². The molecule has 1 aromatic carbocycles. The molecule has 9 heteroatoms. The van der Waals surface area contributed by atoms with Crippen LogP contribution in [0.15, 0.2) is 18.2 Å². The number of benzene rings is 1. The molecule has 0 saturated carbocycles. The number of hydrogen-bond acceptors (Lipinski definition) is 5. The van der Waals surface area contributed by atoms with Crippen molar-refractivity contribution in [2.24, 2.45) is 5.73 Å². The summed E-state index contributed by atoms with van der Waals surface area (Å²) < 4.78 is 13.4. The summed E-state index contributed by atoms with van der Waals surface area (Å²) in [6, 6.07) is 2.49. The normalized spacial score (nSPS) is 11.7. The third-order valence-corrected chi connectivity index (χ3v) is 2.19. The topological polar surface area (TPSA) is 136 Å². The van der Waals surface area contributed by atoms with Crippen LogP contribution in [0.25, 0.3) is 0 Å². The van der Waals surface area contributed by atoms with Crippen molar-refractivity contribution in [3.8, 4) is 0 Å². The average molecular weight is 271 g/mol. The van der Waals surface area contributed by atoms with E-state index in [1.165, 1.54) is 0 Å². The molecule has 0 bridgehead atoms. The van der Waals surface area contributed by atoms with Crippen LogP contribution in [0.1, 0.15) is 10.4 Å². The molecule has 0 radical (unpaired) electrons. The van der Waals surface area contributed by atoms with Gasteiger partial charge in [-0.1, -0.05) is 0 Å². The second-order valence-electron chi connectivity index (χ2n) is 3.55. The van der Waals surface area contributed by atoms with Crippen molar-refractivity contribution >= 4 is 17.5 Å². The number of non-ortho nitro benzene ring substituents is 1. The van der Waals surface area contributed by atoms with E-state index in [-0.39, 0.29) is 0 Å². The maximum Gasteiger partial charge on any atom is 0.272 e. The number of nitrogens with one attached hydrogen (secondary N) is 1. The fraction of sp³-hybridized carbons (Fsp3) is 0.200. The van der Waals surface area contributed by atoms with Gasteiger partial charge in [0.25, 0.3) is 11.6 Å². The number of nitrogens with zero attached hydrogens (tertiary/aromatic N) is 1. The minimum absolute atomic E-state index is 0.442. The smallest absolute Gasteiger partial charge is 0.272 e. The van der Waals surface area contributed by atoms with Gasteiger partial charge >= 0.3 is 0 Å². The van der Waals surface area contributed by atoms with Gasteiger partial charge in [0, 0.05) is 6.07 Å². The van der Waals surface area contributed by atoms with E-state index < -0.39 is 46.5 Å².